The molecule has 0 spiro atoms. The van der Waals surface area contributed by atoms with Crippen LogP contribution < -0.4 is 5.32 Å². The van der Waals surface area contributed by atoms with E-state index in [0.717, 1.165) is 34.4 Å². The van der Waals surface area contributed by atoms with Crippen molar-refractivity contribution in [2.45, 2.75) is 44.2 Å². The van der Waals surface area contributed by atoms with Gasteiger partial charge in [-0.2, -0.15) is 4.31 Å². The van der Waals surface area contributed by atoms with Crippen LogP contribution in [0.3, 0.4) is 0 Å². The van der Waals surface area contributed by atoms with E-state index in [9.17, 15) is 13.2 Å². The second-order valence-corrected chi connectivity index (χ2v) is 9.74. The summed E-state index contributed by atoms with van der Waals surface area (Å²) < 4.78 is 28.4. The highest BCUT2D eigenvalue weighted by Crippen LogP contribution is 2.30. The molecule has 1 atom stereocenters. The molecule has 1 aliphatic rings. The maximum atomic E-state index is 13.5. The summed E-state index contributed by atoms with van der Waals surface area (Å²) in [5, 5.41) is 2.98. The lowest BCUT2D eigenvalue weighted by Crippen LogP contribution is -2.50. The number of fused-ring (bicyclic) bond motifs is 1. The summed E-state index contributed by atoms with van der Waals surface area (Å²) in [6.07, 6.45) is 1.11. The van der Waals surface area contributed by atoms with Crippen LogP contribution >= 0.6 is 0 Å². The quantitative estimate of drug-likeness (QED) is 0.651. The van der Waals surface area contributed by atoms with Crippen LogP contribution in [0.5, 0.6) is 0 Å². The Morgan fingerprint density at radius 2 is 1.61 bits per heavy atom. The van der Waals surface area contributed by atoms with Crippen molar-refractivity contribution in [1.82, 2.24) is 4.31 Å². The van der Waals surface area contributed by atoms with Gasteiger partial charge >= 0.3 is 0 Å². The molecule has 5 nitrogen and oxygen atoms in total. The molecular formula is C25H26N2O3S. The molecule has 4 rings (SSSR count). The lowest BCUT2D eigenvalue weighted by Gasteiger charge is -2.35. The monoisotopic (exact) mass is 434 g/mol. The van der Waals surface area contributed by atoms with Gasteiger partial charge in [0.05, 0.1) is 4.90 Å². The molecule has 3 aromatic rings. The van der Waals surface area contributed by atoms with E-state index >= 15 is 0 Å². The smallest absolute Gasteiger partial charge is 0.244 e. The van der Waals surface area contributed by atoms with Crippen LogP contribution in [0.25, 0.3) is 0 Å². The number of nitrogens with zero attached hydrogens (tertiary/aromatic N) is 1. The predicted molar refractivity (Wildman–Crippen MR) is 122 cm³/mol. The third kappa shape index (κ3) is 4.27. The van der Waals surface area contributed by atoms with E-state index in [4.69, 9.17) is 0 Å². The van der Waals surface area contributed by atoms with E-state index in [1.165, 1.54) is 4.31 Å². The van der Waals surface area contributed by atoms with Gasteiger partial charge in [-0.15, -0.1) is 0 Å². The zero-order valence-corrected chi connectivity index (χ0v) is 18.5. The van der Waals surface area contributed by atoms with Crippen molar-refractivity contribution in [3.63, 3.8) is 0 Å². The summed E-state index contributed by atoms with van der Waals surface area (Å²) in [5.41, 5.74) is 4.65. The highest BCUT2D eigenvalue weighted by molar-refractivity contribution is 7.89. The molecule has 0 saturated heterocycles. The average molecular weight is 435 g/mol. The first-order chi connectivity index (χ1) is 14.9. The highest BCUT2D eigenvalue weighted by atomic mass is 32.2. The van der Waals surface area contributed by atoms with Gasteiger partial charge in [0.25, 0.3) is 0 Å². The first-order valence-electron chi connectivity index (χ1n) is 10.4. The Morgan fingerprint density at radius 3 is 2.32 bits per heavy atom. The van der Waals surface area contributed by atoms with Crippen LogP contribution in [0.15, 0.2) is 77.7 Å². The average Bonchev–Trinajstić information content (AvgIpc) is 2.78. The molecule has 0 saturated carbocycles. The third-order valence-electron chi connectivity index (χ3n) is 5.79. The first-order valence-corrected chi connectivity index (χ1v) is 11.9. The number of nitrogens with one attached hydrogen (secondary N) is 1. The molecule has 0 unspecified atom stereocenters. The normalized spacial score (nSPS) is 16.5. The molecule has 1 amide bonds. The molecule has 160 valence electrons. The Hall–Kier alpha value is -2.96. The van der Waals surface area contributed by atoms with Crippen molar-refractivity contribution >= 4 is 21.6 Å². The Bertz CT molecular complexity index is 1200. The molecule has 0 bridgehead atoms. The fourth-order valence-electron chi connectivity index (χ4n) is 3.99. The Morgan fingerprint density at radius 1 is 0.968 bits per heavy atom. The van der Waals surface area contributed by atoms with Crippen LogP contribution in [0.2, 0.25) is 0 Å². The molecule has 0 aromatic heterocycles. The van der Waals surface area contributed by atoms with Crippen molar-refractivity contribution in [3.05, 3.63) is 95.1 Å². The first kappa shape index (κ1) is 21.3. The largest absolute Gasteiger partial charge is 0.324 e. The topological polar surface area (TPSA) is 66.5 Å². The molecule has 1 N–H and O–H groups in total. The number of rotatable bonds is 5. The number of anilines is 1. The molecule has 0 radical (unpaired) electrons. The van der Waals surface area contributed by atoms with Crippen molar-refractivity contribution in [1.29, 1.82) is 0 Å². The number of hydrogen-bond donors (Lipinski definition) is 1. The molecule has 1 aliphatic heterocycles. The lowest BCUT2D eigenvalue weighted by atomic mass is 9.95. The number of aryl methyl sites for hydroxylation is 2. The SMILES string of the molecule is CCc1ccccc1NC(=O)[C@H]1Cc2ccccc2CN1S(=O)(=O)c1ccc(C)cc1. The van der Waals surface area contributed by atoms with Crippen LogP contribution in [-0.2, 0) is 34.2 Å². The van der Waals surface area contributed by atoms with Crippen molar-refractivity contribution in [3.8, 4) is 0 Å². The van der Waals surface area contributed by atoms with Gasteiger partial charge in [-0.3, -0.25) is 4.79 Å². The fourth-order valence-corrected chi connectivity index (χ4v) is 5.55. The highest BCUT2D eigenvalue weighted by Gasteiger charge is 2.39. The van der Waals surface area contributed by atoms with Gasteiger partial charge in [-0.05, 0) is 54.7 Å². The van der Waals surface area contributed by atoms with E-state index in [1.54, 1.807) is 24.3 Å². The van der Waals surface area contributed by atoms with Crippen molar-refractivity contribution in [2.24, 2.45) is 0 Å². The zero-order valence-electron chi connectivity index (χ0n) is 17.7. The van der Waals surface area contributed by atoms with Crippen LogP contribution in [-0.4, -0.2) is 24.7 Å². The van der Waals surface area contributed by atoms with Gasteiger partial charge in [-0.1, -0.05) is 67.1 Å². The molecule has 31 heavy (non-hydrogen) atoms. The fraction of sp³-hybridized carbons (Fsp3) is 0.240. The maximum absolute atomic E-state index is 13.5. The molecule has 0 aliphatic carbocycles. The van der Waals surface area contributed by atoms with Gasteiger partial charge in [0.1, 0.15) is 6.04 Å². The van der Waals surface area contributed by atoms with E-state index in [-0.39, 0.29) is 17.3 Å². The third-order valence-corrected chi connectivity index (χ3v) is 7.66. The van der Waals surface area contributed by atoms with Crippen molar-refractivity contribution in [2.75, 3.05) is 5.32 Å². The van der Waals surface area contributed by atoms with Gasteiger partial charge in [0, 0.05) is 12.2 Å². The van der Waals surface area contributed by atoms with Gasteiger partial charge in [0.15, 0.2) is 0 Å². The van der Waals surface area contributed by atoms with Crippen molar-refractivity contribution < 1.29 is 13.2 Å². The summed E-state index contributed by atoms with van der Waals surface area (Å²) in [7, 11) is -3.85. The van der Waals surface area contributed by atoms with Gasteiger partial charge in [0.2, 0.25) is 15.9 Å². The summed E-state index contributed by atoms with van der Waals surface area (Å²) in [5.74, 6) is -0.314. The van der Waals surface area contributed by atoms with Crippen LogP contribution in [0, 0.1) is 6.92 Å². The number of carbonyl (C=O) groups is 1. The summed E-state index contributed by atoms with van der Waals surface area (Å²) in [6.45, 7) is 4.10. The van der Waals surface area contributed by atoms with Gasteiger partial charge in [-0.25, -0.2) is 8.42 Å². The molecule has 6 heteroatoms. The minimum Gasteiger partial charge on any atom is -0.324 e. The van der Waals surface area contributed by atoms with Crippen LogP contribution in [0.4, 0.5) is 5.69 Å². The second kappa shape index (κ2) is 8.65. The number of amides is 1. The second-order valence-electron chi connectivity index (χ2n) is 7.85. The van der Waals surface area contributed by atoms with Crippen LogP contribution in [0.1, 0.15) is 29.2 Å². The predicted octanol–water partition coefficient (Wildman–Crippen LogP) is 4.31. The molecule has 0 fully saturated rings. The molecule has 3 aromatic carbocycles. The number of benzene rings is 3. The van der Waals surface area contributed by atoms with E-state index < -0.39 is 16.1 Å². The number of hydrogen-bond acceptors (Lipinski definition) is 3. The number of sulfonamides is 1. The Labute approximate surface area is 183 Å². The van der Waals surface area contributed by atoms with E-state index in [0.29, 0.717) is 6.42 Å². The number of carbonyl (C=O) groups excluding carboxylic acids is 1. The number of para-hydroxylation sites is 1. The molecule has 1 heterocycles. The lowest BCUT2D eigenvalue weighted by molar-refractivity contribution is -0.120. The zero-order chi connectivity index (χ0) is 22.0. The Balaban J connectivity index is 1.72. The van der Waals surface area contributed by atoms with Gasteiger partial charge < -0.3 is 5.32 Å². The summed E-state index contributed by atoms with van der Waals surface area (Å²) in [4.78, 5) is 13.6. The minimum absolute atomic E-state index is 0.167. The summed E-state index contributed by atoms with van der Waals surface area (Å²) >= 11 is 0. The molecular weight excluding hydrogens is 408 g/mol. The Kier molecular flexibility index (Phi) is 5.94. The minimum atomic E-state index is -3.85. The van der Waals surface area contributed by atoms with E-state index in [1.807, 2.05) is 62.4 Å². The maximum Gasteiger partial charge on any atom is 0.244 e. The standard InChI is InChI=1S/C25H26N2O3S/c1-3-19-8-6-7-11-23(19)26-25(28)24-16-20-9-4-5-10-21(20)17-27(24)31(29,30)22-14-12-18(2)13-15-22/h4-15,24H,3,16-17H2,1-2H3,(H,26,28)/t24-/m1/s1. The van der Waals surface area contributed by atoms with E-state index in [2.05, 4.69) is 5.32 Å². The summed E-state index contributed by atoms with van der Waals surface area (Å²) in [6, 6.07) is 21.3.